The molecule has 0 aliphatic heterocycles. The van der Waals surface area contributed by atoms with Crippen molar-refractivity contribution in [3.8, 4) is 0 Å². The molecule has 0 amide bonds. The third-order valence-electron chi connectivity index (χ3n) is 4.75. The Morgan fingerprint density at radius 1 is 1.22 bits per heavy atom. The largest absolute Gasteiger partial charge is 0.310 e. The van der Waals surface area contributed by atoms with Gasteiger partial charge in [-0.15, -0.1) is 0 Å². The molecule has 0 saturated heterocycles. The first-order valence-corrected chi connectivity index (χ1v) is 7.59. The van der Waals surface area contributed by atoms with Crippen molar-refractivity contribution in [3.63, 3.8) is 0 Å². The van der Waals surface area contributed by atoms with Crippen LogP contribution in [0.15, 0.2) is 6.20 Å². The first kappa shape index (κ1) is 12.2. The standard InChI is InChI=1S/C15H25N3/c1-18-15-9-5-8-14(13(15)11-17-18)16-10-12-6-3-2-4-7-12/h11-12,14,16H,2-10H2,1H3. The molecule has 100 valence electrons. The van der Waals surface area contributed by atoms with Crippen molar-refractivity contribution < 1.29 is 0 Å². The summed E-state index contributed by atoms with van der Waals surface area (Å²) in [6.07, 6.45) is 13.1. The Labute approximate surface area is 110 Å². The molecule has 1 heterocycles. The van der Waals surface area contributed by atoms with Gasteiger partial charge in [0.1, 0.15) is 0 Å². The first-order chi connectivity index (χ1) is 8.84. The van der Waals surface area contributed by atoms with E-state index in [1.54, 1.807) is 0 Å². The number of aromatic nitrogens is 2. The fraction of sp³-hybridized carbons (Fsp3) is 0.800. The fourth-order valence-corrected chi connectivity index (χ4v) is 3.62. The molecule has 0 radical (unpaired) electrons. The number of aryl methyl sites for hydroxylation is 1. The lowest BCUT2D eigenvalue weighted by Gasteiger charge is -2.28. The van der Waals surface area contributed by atoms with Gasteiger partial charge in [-0.2, -0.15) is 5.10 Å². The Bertz CT molecular complexity index is 390. The minimum atomic E-state index is 0.560. The summed E-state index contributed by atoms with van der Waals surface area (Å²) in [5, 5.41) is 8.23. The van der Waals surface area contributed by atoms with Crippen LogP contribution < -0.4 is 5.32 Å². The molecule has 1 saturated carbocycles. The van der Waals surface area contributed by atoms with E-state index >= 15 is 0 Å². The molecular formula is C15H25N3. The molecule has 1 aromatic heterocycles. The predicted molar refractivity (Wildman–Crippen MR) is 73.5 cm³/mol. The van der Waals surface area contributed by atoms with Gasteiger partial charge in [-0.1, -0.05) is 19.3 Å². The third-order valence-corrected chi connectivity index (χ3v) is 4.75. The van der Waals surface area contributed by atoms with Crippen molar-refractivity contribution in [1.29, 1.82) is 0 Å². The second-order valence-corrected chi connectivity index (χ2v) is 6.03. The highest BCUT2D eigenvalue weighted by Crippen LogP contribution is 2.30. The summed E-state index contributed by atoms with van der Waals surface area (Å²) < 4.78 is 2.06. The van der Waals surface area contributed by atoms with Gasteiger partial charge < -0.3 is 5.32 Å². The Balaban J connectivity index is 1.60. The lowest BCUT2D eigenvalue weighted by Crippen LogP contribution is -2.30. The maximum atomic E-state index is 4.42. The van der Waals surface area contributed by atoms with E-state index < -0.39 is 0 Å². The zero-order chi connectivity index (χ0) is 12.4. The number of rotatable bonds is 3. The summed E-state index contributed by atoms with van der Waals surface area (Å²) >= 11 is 0. The summed E-state index contributed by atoms with van der Waals surface area (Å²) in [5.74, 6) is 0.917. The van der Waals surface area contributed by atoms with Crippen molar-refractivity contribution in [1.82, 2.24) is 15.1 Å². The smallest absolute Gasteiger partial charge is 0.0540 e. The summed E-state index contributed by atoms with van der Waals surface area (Å²) in [6.45, 7) is 1.21. The zero-order valence-corrected chi connectivity index (χ0v) is 11.5. The Morgan fingerprint density at radius 3 is 2.89 bits per heavy atom. The van der Waals surface area contributed by atoms with Crippen LogP contribution in [0.1, 0.15) is 62.2 Å². The molecule has 3 nitrogen and oxygen atoms in total. The summed E-state index contributed by atoms with van der Waals surface area (Å²) in [6, 6.07) is 0.560. The van der Waals surface area contributed by atoms with Gasteiger partial charge in [0.05, 0.1) is 6.20 Å². The van der Waals surface area contributed by atoms with Crippen molar-refractivity contribution in [2.45, 2.75) is 57.4 Å². The van der Waals surface area contributed by atoms with Gasteiger partial charge >= 0.3 is 0 Å². The molecule has 0 spiro atoms. The number of hydrogen-bond acceptors (Lipinski definition) is 2. The van der Waals surface area contributed by atoms with Crippen LogP contribution in [0.5, 0.6) is 0 Å². The van der Waals surface area contributed by atoms with Crippen LogP contribution in [0.25, 0.3) is 0 Å². The molecule has 1 fully saturated rings. The second-order valence-electron chi connectivity index (χ2n) is 6.03. The van der Waals surface area contributed by atoms with Gasteiger partial charge in [0.15, 0.2) is 0 Å². The SMILES string of the molecule is Cn1ncc2c1CCCC2NCC1CCCCC1. The van der Waals surface area contributed by atoms with Crippen molar-refractivity contribution in [2.24, 2.45) is 13.0 Å². The minimum absolute atomic E-state index is 0.560. The maximum absolute atomic E-state index is 4.42. The number of hydrogen-bond donors (Lipinski definition) is 1. The van der Waals surface area contributed by atoms with E-state index in [-0.39, 0.29) is 0 Å². The average Bonchev–Trinajstić information content (AvgIpc) is 2.80. The van der Waals surface area contributed by atoms with Crippen molar-refractivity contribution >= 4 is 0 Å². The second kappa shape index (κ2) is 5.43. The summed E-state index contributed by atoms with van der Waals surface area (Å²) in [4.78, 5) is 0. The van der Waals surface area contributed by atoms with E-state index in [0.29, 0.717) is 6.04 Å². The van der Waals surface area contributed by atoms with E-state index in [2.05, 4.69) is 28.3 Å². The normalized spacial score (nSPS) is 25.1. The summed E-state index contributed by atoms with van der Waals surface area (Å²) in [7, 11) is 2.07. The van der Waals surface area contributed by atoms with Gasteiger partial charge in [-0.3, -0.25) is 4.68 Å². The molecule has 2 aliphatic rings. The Hall–Kier alpha value is -0.830. The van der Waals surface area contributed by atoms with E-state index in [1.165, 1.54) is 69.2 Å². The lowest BCUT2D eigenvalue weighted by atomic mass is 9.88. The molecule has 3 heteroatoms. The fourth-order valence-electron chi connectivity index (χ4n) is 3.62. The molecule has 0 aromatic carbocycles. The predicted octanol–water partition coefficient (Wildman–Crippen LogP) is 2.97. The monoisotopic (exact) mass is 247 g/mol. The highest BCUT2D eigenvalue weighted by molar-refractivity contribution is 5.24. The van der Waals surface area contributed by atoms with E-state index in [1.807, 2.05) is 0 Å². The molecule has 1 atom stereocenters. The van der Waals surface area contributed by atoms with Crippen LogP contribution >= 0.6 is 0 Å². The average molecular weight is 247 g/mol. The molecular weight excluding hydrogens is 222 g/mol. The number of nitrogens with zero attached hydrogens (tertiary/aromatic N) is 2. The highest BCUT2D eigenvalue weighted by Gasteiger charge is 2.24. The minimum Gasteiger partial charge on any atom is -0.310 e. The van der Waals surface area contributed by atoms with Crippen LogP contribution in [0.4, 0.5) is 0 Å². The molecule has 1 unspecified atom stereocenters. The van der Waals surface area contributed by atoms with E-state index in [0.717, 1.165) is 5.92 Å². The van der Waals surface area contributed by atoms with Crippen molar-refractivity contribution in [3.05, 3.63) is 17.5 Å². The van der Waals surface area contributed by atoms with Crippen LogP contribution in [0.2, 0.25) is 0 Å². The van der Waals surface area contributed by atoms with E-state index in [4.69, 9.17) is 0 Å². The highest BCUT2D eigenvalue weighted by atomic mass is 15.3. The van der Waals surface area contributed by atoms with Gasteiger partial charge in [0, 0.05) is 24.3 Å². The Morgan fingerprint density at radius 2 is 2.06 bits per heavy atom. The first-order valence-electron chi connectivity index (χ1n) is 7.59. The maximum Gasteiger partial charge on any atom is 0.0540 e. The van der Waals surface area contributed by atoms with Gasteiger partial charge in [0.25, 0.3) is 0 Å². The molecule has 3 rings (SSSR count). The topological polar surface area (TPSA) is 29.9 Å². The zero-order valence-electron chi connectivity index (χ0n) is 11.5. The molecule has 1 N–H and O–H groups in total. The quantitative estimate of drug-likeness (QED) is 0.890. The lowest BCUT2D eigenvalue weighted by molar-refractivity contribution is 0.318. The number of nitrogens with one attached hydrogen (secondary N) is 1. The van der Waals surface area contributed by atoms with Gasteiger partial charge in [-0.25, -0.2) is 0 Å². The van der Waals surface area contributed by atoms with E-state index in [9.17, 15) is 0 Å². The number of fused-ring (bicyclic) bond motifs is 1. The molecule has 18 heavy (non-hydrogen) atoms. The van der Waals surface area contributed by atoms with Crippen molar-refractivity contribution in [2.75, 3.05) is 6.54 Å². The molecule has 2 aliphatic carbocycles. The van der Waals surface area contributed by atoms with Crippen LogP contribution in [0.3, 0.4) is 0 Å². The molecule has 1 aromatic rings. The van der Waals surface area contributed by atoms with Crippen LogP contribution in [0, 0.1) is 5.92 Å². The van der Waals surface area contributed by atoms with Crippen LogP contribution in [-0.4, -0.2) is 16.3 Å². The van der Waals surface area contributed by atoms with Gasteiger partial charge in [0.2, 0.25) is 0 Å². The Kier molecular flexibility index (Phi) is 3.69. The third kappa shape index (κ3) is 2.46. The summed E-state index contributed by atoms with van der Waals surface area (Å²) in [5.41, 5.74) is 2.90. The van der Waals surface area contributed by atoms with Gasteiger partial charge in [-0.05, 0) is 44.6 Å². The molecule has 0 bridgehead atoms. The van der Waals surface area contributed by atoms with Crippen LogP contribution in [-0.2, 0) is 13.5 Å².